The van der Waals surface area contributed by atoms with Crippen LogP contribution < -0.4 is 11.1 Å². The van der Waals surface area contributed by atoms with Crippen molar-refractivity contribution in [3.05, 3.63) is 21.7 Å². The molecular formula is C16H17N5O8S3. The zero-order chi connectivity index (χ0) is 23.4. The fraction of sp³-hybridized carbons (Fsp3) is 0.375. The Balaban J connectivity index is 1.77. The number of aromatic nitrogens is 1. The van der Waals surface area contributed by atoms with Crippen molar-refractivity contribution in [2.75, 3.05) is 30.5 Å². The molecule has 16 heteroatoms. The van der Waals surface area contributed by atoms with Crippen molar-refractivity contribution in [1.82, 2.24) is 15.2 Å². The first-order valence-corrected chi connectivity index (χ1v) is 11.7. The number of nitrogen functional groups attached to an aromatic ring is 1. The summed E-state index contributed by atoms with van der Waals surface area (Å²) in [5.41, 5.74) is 5.06. The van der Waals surface area contributed by atoms with Gasteiger partial charge < -0.3 is 31.2 Å². The lowest BCUT2D eigenvalue weighted by Crippen LogP contribution is -2.71. The van der Waals surface area contributed by atoms with Gasteiger partial charge in [0.05, 0.1) is 6.61 Å². The van der Waals surface area contributed by atoms with E-state index in [9.17, 15) is 24.3 Å². The van der Waals surface area contributed by atoms with Gasteiger partial charge in [0.1, 0.15) is 22.8 Å². The molecule has 6 N–H and O–H groups in total. The van der Waals surface area contributed by atoms with Crippen molar-refractivity contribution in [2.45, 2.75) is 11.4 Å². The standard InChI is InChI=1S/C16H17N5O8S3/c17-16-18-6(4-32-16)9(20-29-3-8(23)24)12(25)19-10-13(26)21-11(15(27)28)7(30-2-1-22)5-31-14(10)21/h4,10,14,22H,1-3,5H2,(H2,17,18)(H,19,25)(H,23,24)(H,27,28)/b20-9+/t10-,14-/m1/s1. The smallest absolute Gasteiger partial charge is 0.353 e. The summed E-state index contributed by atoms with van der Waals surface area (Å²) >= 11 is 3.44. The van der Waals surface area contributed by atoms with Gasteiger partial charge in [-0.2, -0.15) is 0 Å². The van der Waals surface area contributed by atoms with Crippen molar-refractivity contribution in [3.8, 4) is 0 Å². The highest BCUT2D eigenvalue weighted by atomic mass is 32.2. The molecule has 2 aliphatic rings. The lowest BCUT2D eigenvalue weighted by Gasteiger charge is -2.49. The highest BCUT2D eigenvalue weighted by molar-refractivity contribution is 8.06. The molecule has 3 rings (SSSR count). The maximum atomic E-state index is 12.8. The number of nitrogens with one attached hydrogen (secondary N) is 1. The maximum absolute atomic E-state index is 12.8. The van der Waals surface area contributed by atoms with Gasteiger partial charge in [0, 0.05) is 21.8 Å². The Morgan fingerprint density at radius 3 is 2.75 bits per heavy atom. The van der Waals surface area contributed by atoms with Gasteiger partial charge in [0.2, 0.25) is 6.61 Å². The van der Waals surface area contributed by atoms with Crippen LogP contribution in [-0.4, -0.2) is 90.8 Å². The van der Waals surface area contributed by atoms with Crippen LogP contribution in [0.15, 0.2) is 21.1 Å². The molecule has 32 heavy (non-hydrogen) atoms. The number of anilines is 1. The van der Waals surface area contributed by atoms with E-state index in [0.717, 1.165) is 28.0 Å². The van der Waals surface area contributed by atoms with Crippen LogP contribution in [0.4, 0.5) is 5.13 Å². The number of aliphatic carboxylic acids is 2. The van der Waals surface area contributed by atoms with Crippen molar-refractivity contribution in [2.24, 2.45) is 5.16 Å². The second kappa shape index (κ2) is 10.2. The molecule has 1 fully saturated rings. The Bertz CT molecular complexity index is 1010. The third kappa shape index (κ3) is 4.98. The van der Waals surface area contributed by atoms with Crippen LogP contribution in [0.5, 0.6) is 0 Å². The number of carboxylic acids is 2. The fourth-order valence-corrected chi connectivity index (χ4v) is 5.77. The van der Waals surface area contributed by atoms with Crippen molar-refractivity contribution in [3.63, 3.8) is 0 Å². The third-order valence-corrected chi connectivity index (χ3v) is 7.32. The van der Waals surface area contributed by atoms with E-state index < -0.39 is 41.8 Å². The summed E-state index contributed by atoms with van der Waals surface area (Å²) < 4.78 is 0. The maximum Gasteiger partial charge on any atom is 0.353 e. The summed E-state index contributed by atoms with van der Waals surface area (Å²) in [5, 5.41) is 34.2. The van der Waals surface area contributed by atoms with Gasteiger partial charge in [0.15, 0.2) is 10.8 Å². The van der Waals surface area contributed by atoms with E-state index in [1.54, 1.807) is 0 Å². The average molecular weight is 504 g/mol. The summed E-state index contributed by atoms with van der Waals surface area (Å²) in [6, 6.07) is -1.04. The lowest BCUT2D eigenvalue weighted by atomic mass is 10.0. The number of carbonyl (C=O) groups is 4. The average Bonchev–Trinajstić information content (AvgIpc) is 3.17. The quantitative estimate of drug-likeness (QED) is 0.147. The van der Waals surface area contributed by atoms with Crippen LogP contribution in [0.3, 0.4) is 0 Å². The predicted molar refractivity (Wildman–Crippen MR) is 116 cm³/mol. The van der Waals surface area contributed by atoms with Crippen LogP contribution in [0.1, 0.15) is 5.69 Å². The van der Waals surface area contributed by atoms with Crippen LogP contribution in [0, 0.1) is 0 Å². The molecule has 0 saturated carbocycles. The molecule has 2 atom stereocenters. The van der Waals surface area contributed by atoms with Gasteiger partial charge in [0.25, 0.3) is 11.8 Å². The van der Waals surface area contributed by atoms with E-state index in [0.29, 0.717) is 10.7 Å². The number of carboxylic acid groups (broad SMARTS) is 2. The van der Waals surface area contributed by atoms with E-state index in [1.165, 1.54) is 17.1 Å². The molecule has 1 aromatic rings. The summed E-state index contributed by atoms with van der Waals surface area (Å²) in [5.74, 6) is -3.50. The number of aliphatic hydroxyl groups is 1. The minimum atomic E-state index is -1.31. The summed E-state index contributed by atoms with van der Waals surface area (Å²) in [7, 11) is 0. The van der Waals surface area contributed by atoms with Crippen molar-refractivity contribution in [1.29, 1.82) is 0 Å². The van der Waals surface area contributed by atoms with Gasteiger partial charge in [-0.15, -0.1) is 34.9 Å². The van der Waals surface area contributed by atoms with Crippen LogP contribution >= 0.6 is 34.9 Å². The second-order valence-corrected chi connectivity index (χ2v) is 9.37. The second-order valence-electron chi connectivity index (χ2n) is 6.19. The minimum absolute atomic E-state index is 0.0316. The van der Waals surface area contributed by atoms with E-state index in [4.69, 9.17) is 15.9 Å². The number of nitrogens with two attached hydrogens (primary N) is 1. The molecule has 172 valence electrons. The number of amides is 2. The van der Waals surface area contributed by atoms with E-state index in [-0.39, 0.29) is 34.6 Å². The molecular weight excluding hydrogens is 486 g/mol. The van der Waals surface area contributed by atoms with Crippen LogP contribution in [0.2, 0.25) is 0 Å². The Kier molecular flexibility index (Phi) is 7.60. The zero-order valence-corrected chi connectivity index (χ0v) is 18.5. The SMILES string of the molecule is Nc1nc(/C(=N\OCC(=O)O)C(=O)N[C@@H]2C(=O)N3C(C(=O)O)=C(SCCO)CS[C@H]23)cs1. The molecule has 1 saturated heterocycles. The number of hydrogen-bond donors (Lipinski definition) is 5. The summed E-state index contributed by atoms with van der Waals surface area (Å²) in [6.45, 7) is -0.943. The number of aliphatic hydroxyl groups excluding tert-OH is 1. The number of oxime groups is 1. The highest BCUT2D eigenvalue weighted by Crippen LogP contribution is 2.43. The minimum Gasteiger partial charge on any atom is -0.479 e. The Morgan fingerprint density at radius 1 is 1.41 bits per heavy atom. The monoisotopic (exact) mass is 503 g/mol. The van der Waals surface area contributed by atoms with Gasteiger partial charge in [-0.25, -0.2) is 14.6 Å². The zero-order valence-electron chi connectivity index (χ0n) is 16.1. The molecule has 0 bridgehead atoms. The van der Waals surface area contributed by atoms with Crippen LogP contribution in [-0.2, 0) is 24.0 Å². The number of β-lactam (4-membered cyclic amide) rings is 1. The first-order valence-electron chi connectivity index (χ1n) is 8.83. The number of thioether (sulfide) groups is 2. The fourth-order valence-electron chi connectivity index (χ4n) is 2.83. The van der Waals surface area contributed by atoms with Crippen molar-refractivity contribution >= 4 is 69.5 Å². The number of rotatable bonds is 10. The first kappa shape index (κ1) is 23.8. The number of fused-ring (bicyclic) bond motifs is 1. The van der Waals surface area contributed by atoms with Crippen molar-refractivity contribution < 1.29 is 39.3 Å². The lowest BCUT2D eigenvalue weighted by molar-refractivity contribution is -0.150. The molecule has 0 spiro atoms. The Morgan fingerprint density at radius 2 is 2.16 bits per heavy atom. The van der Waals surface area contributed by atoms with E-state index >= 15 is 0 Å². The molecule has 0 unspecified atom stereocenters. The number of carbonyl (C=O) groups excluding carboxylic acids is 2. The van der Waals surface area contributed by atoms with Gasteiger partial charge in [-0.3, -0.25) is 14.5 Å². The van der Waals surface area contributed by atoms with E-state index in [2.05, 4.69) is 20.3 Å². The largest absolute Gasteiger partial charge is 0.479 e. The van der Waals surface area contributed by atoms with Crippen LogP contribution in [0.25, 0.3) is 0 Å². The Hall–Kier alpha value is -2.82. The van der Waals surface area contributed by atoms with Gasteiger partial charge in [-0.1, -0.05) is 5.16 Å². The first-order chi connectivity index (χ1) is 15.2. The predicted octanol–water partition coefficient (Wildman–Crippen LogP) is -1.05. The highest BCUT2D eigenvalue weighted by Gasteiger charge is 2.54. The molecule has 13 nitrogen and oxygen atoms in total. The topological polar surface area (TPSA) is 205 Å². The summed E-state index contributed by atoms with van der Waals surface area (Å²) in [6.07, 6.45) is 0. The number of nitrogens with zero attached hydrogens (tertiary/aromatic N) is 3. The van der Waals surface area contributed by atoms with Gasteiger partial charge >= 0.3 is 11.9 Å². The molecule has 3 heterocycles. The number of thiazole rings is 1. The molecule has 2 amide bonds. The summed E-state index contributed by atoms with van der Waals surface area (Å²) in [4.78, 5) is 58.0. The molecule has 1 aromatic heterocycles. The molecule has 0 aromatic carbocycles. The molecule has 0 aliphatic carbocycles. The number of hydrogen-bond acceptors (Lipinski definition) is 12. The normalized spacial score (nSPS) is 20.5. The van der Waals surface area contributed by atoms with Gasteiger partial charge in [-0.05, 0) is 0 Å². The molecule has 0 radical (unpaired) electrons. The Labute approximate surface area is 192 Å². The third-order valence-electron chi connectivity index (χ3n) is 4.11. The van der Waals surface area contributed by atoms with E-state index in [1.807, 2.05) is 0 Å². The molecule has 2 aliphatic heterocycles.